The number of benzene rings is 2. The number of halogens is 1. The summed E-state index contributed by atoms with van der Waals surface area (Å²) in [7, 11) is 0. The van der Waals surface area contributed by atoms with Gasteiger partial charge in [-0.05, 0) is 49.1 Å². The molecule has 0 bridgehead atoms. The summed E-state index contributed by atoms with van der Waals surface area (Å²) in [5, 5.41) is 0.764. The molecule has 24 heavy (non-hydrogen) atoms. The molecule has 2 N–H and O–H groups in total. The van der Waals surface area contributed by atoms with Gasteiger partial charge in [-0.25, -0.2) is 0 Å². The molecule has 1 aliphatic rings. The molecular formula is C19H21ClN2OS. The van der Waals surface area contributed by atoms with Crippen LogP contribution in [0.4, 0.5) is 5.69 Å². The van der Waals surface area contributed by atoms with E-state index in [1.165, 1.54) is 6.42 Å². The summed E-state index contributed by atoms with van der Waals surface area (Å²) in [5.41, 5.74) is 8.57. The number of rotatable bonds is 4. The first kappa shape index (κ1) is 17.2. The van der Waals surface area contributed by atoms with Crippen molar-refractivity contribution in [1.82, 2.24) is 4.90 Å². The van der Waals surface area contributed by atoms with Gasteiger partial charge in [0.05, 0.1) is 0 Å². The quantitative estimate of drug-likeness (QED) is 0.626. The fraction of sp³-hybridized carbons (Fsp3) is 0.316. The molecule has 0 aliphatic carbocycles. The van der Waals surface area contributed by atoms with Crippen LogP contribution >= 0.6 is 23.4 Å². The van der Waals surface area contributed by atoms with E-state index in [4.69, 9.17) is 17.3 Å². The van der Waals surface area contributed by atoms with Crippen LogP contribution in [0.25, 0.3) is 0 Å². The van der Waals surface area contributed by atoms with Crippen LogP contribution in [0.15, 0.2) is 47.4 Å². The maximum Gasteiger partial charge on any atom is 0.253 e. The highest BCUT2D eigenvalue weighted by Gasteiger charge is 2.18. The molecule has 3 rings (SSSR count). The molecule has 1 fully saturated rings. The number of carbonyl (C=O) groups is 1. The third kappa shape index (κ3) is 4.05. The third-order valence-corrected chi connectivity index (χ3v) is 5.75. The van der Waals surface area contributed by atoms with E-state index in [9.17, 15) is 4.79 Å². The number of nitrogen functional groups attached to an aromatic ring is 1. The maximum atomic E-state index is 12.5. The van der Waals surface area contributed by atoms with Gasteiger partial charge in [-0.15, -0.1) is 11.8 Å². The third-order valence-electron chi connectivity index (χ3n) is 4.24. The zero-order chi connectivity index (χ0) is 16.9. The molecule has 0 radical (unpaired) electrons. The summed E-state index contributed by atoms with van der Waals surface area (Å²) in [6.07, 6.45) is 3.39. The Balaban J connectivity index is 1.68. The van der Waals surface area contributed by atoms with Crippen molar-refractivity contribution < 1.29 is 4.79 Å². The average Bonchev–Trinajstić information content (AvgIpc) is 2.62. The zero-order valence-corrected chi connectivity index (χ0v) is 15.1. The first-order valence-electron chi connectivity index (χ1n) is 8.20. The van der Waals surface area contributed by atoms with Gasteiger partial charge in [-0.1, -0.05) is 29.8 Å². The highest BCUT2D eigenvalue weighted by atomic mass is 35.5. The van der Waals surface area contributed by atoms with Gasteiger partial charge < -0.3 is 10.6 Å². The van der Waals surface area contributed by atoms with E-state index in [-0.39, 0.29) is 5.91 Å². The second-order valence-corrected chi connectivity index (χ2v) is 7.41. The van der Waals surface area contributed by atoms with Crippen LogP contribution in [-0.2, 0) is 5.75 Å². The molecule has 1 saturated heterocycles. The summed E-state index contributed by atoms with van der Waals surface area (Å²) in [5.74, 6) is 0.840. The summed E-state index contributed by atoms with van der Waals surface area (Å²) < 4.78 is 0. The van der Waals surface area contributed by atoms with Gasteiger partial charge in [0.15, 0.2) is 0 Å². The molecule has 2 aromatic rings. The monoisotopic (exact) mass is 360 g/mol. The Morgan fingerprint density at radius 2 is 1.88 bits per heavy atom. The van der Waals surface area contributed by atoms with Crippen LogP contribution in [0.3, 0.4) is 0 Å². The Labute approximate surface area is 152 Å². The fourth-order valence-electron chi connectivity index (χ4n) is 2.86. The highest BCUT2D eigenvalue weighted by molar-refractivity contribution is 7.98. The topological polar surface area (TPSA) is 46.3 Å². The summed E-state index contributed by atoms with van der Waals surface area (Å²) in [4.78, 5) is 15.4. The van der Waals surface area contributed by atoms with Crippen molar-refractivity contribution in [1.29, 1.82) is 0 Å². The Morgan fingerprint density at radius 1 is 1.12 bits per heavy atom. The largest absolute Gasteiger partial charge is 0.398 e. The molecule has 1 amide bonds. The number of carbonyl (C=O) groups excluding carboxylic acids is 1. The van der Waals surface area contributed by atoms with Crippen molar-refractivity contribution in [3.05, 3.63) is 58.6 Å². The lowest BCUT2D eigenvalue weighted by Crippen LogP contribution is -2.35. The Bertz CT molecular complexity index is 729. The van der Waals surface area contributed by atoms with E-state index in [1.807, 2.05) is 41.3 Å². The number of thioether (sulfide) groups is 1. The van der Waals surface area contributed by atoms with Crippen molar-refractivity contribution >= 4 is 35.0 Å². The van der Waals surface area contributed by atoms with E-state index >= 15 is 0 Å². The molecule has 0 aromatic heterocycles. The van der Waals surface area contributed by atoms with E-state index in [0.29, 0.717) is 11.3 Å². The Morgan fingerprint density at radius 3 is 2.58 bits per heavy atom. The fourth-order valence-corrected chi connectivity index (χ4v) is 4.10. The normalized spacial score (nSPS) is 14.6. The van der Waals surface area contributed by atoms with Crippen molar-refractivity contribution in [3.8, 4) is 0 Å². The molecule has 0 spiro atoms. The van der Waals surface area contributed by atoms with Gasteiger partial charge in [0.25, 0.3) is 5.91 Å². The minimum Gasteiger partial charge on any atom is -0.398 e. The minimum absolute atomic E-state index is 0.0871. The van der Waals surface area contributed by atoms with Crippen LogP contribution in [0.1, 0.15) is 35.2 Å². The molecule has 1 aliphatic heterocycles. The number of piperidine rings is 1. The standard InChI is InChI=1S/C19H21ClN2OS/c20-16-7-3-2-6-15(16)13-24-18-9-8-14(12-17(18)21)19(23)22-10-4-1-5-11-22/h2-3,6-9,12H,1,4-5,10-11,13,21H2. The molecule has 3 nitrogen and oxygen atoms in total. The van der Waals surface area contributed by atoms with Crippen LogP contribution in [0.2, 0.25) is 5.02 Å². The molecule has 0 saturated carbocycles. The lowest BCUT2D eigenvalue weighted by atomic mass is 10.1. The highest BCUT2D eigenvalue weighted by Crippen LogP contribution is 2.31. The smallest absolute Gasteiger partial charge is 0.253 e. The predicted octanol–water partition coefficient (Wildman–Crippen LogP) is 4.84. The van der Waals surface area contributed by atoms with E-state index < -0.39 is 0 Å². The number of likely N-dealkylation sites (tertiary alicyclic amines) is 1. The lowest BCUT2D eigenvalue weighted by molar-refractivity contribution is 0.0724. The molecule has 0 atom stereocenters. The second-order valence-electron chi connectivity index (χ2n) is 5.99. The van der Waals surface area contributed by atoms with Gasteiger partial charge in [0, 0.05) is 40.0 Å². The number of anilines is 1. The van der Waals surface area contributed by atoms with Crippen molar-refractivity contribution in [2.45, 2.75) is 29.9 Å². The number of nitrogens with two attached hydrogens (primary N) is 1. The molecule has 126 valence electrons. The number of nitrogens with zero attached hydrogens (tertiary/aromatic N) is 1. The van der Waals surface area contributed by atoms with E-state index in [2.05, 4.69) is 0 Å². The van der Waals surface area contributed by atoms with Crippen LogP contribution in [0, 0.1) is 0 Å². The van der Waals surface area contributed by atoms with Gasteiger partial charge in [-0.2, -0.15) is 0 Å². The molecule has 0 unspecified atom stereocenters. The van der Waals surface area contributed by atoms with Gasteiger partial charge >= 0.3 is 0 Å². The van der Waals surface area contributed by atoms with E-state index in [1.54, 1.807) is 17.8 Å². The van der Waals surface area contributed by atoms with Crippen LogP contribution in [0.5, 0.6) is 0 Å². The van der Waals surface area contributed by atoms with Crippen molar-refractivity contribution in [2.75, 3.05) is 18.8 Å². The lowest BCUT2D eigenvalue weighted by Gasteiger charge is -2.26. The first-order valence-corrected chi connectivity index (χ1v) is 9.56. The van der Waals surface area contributed by atoms with Crippen LogP contribution in [-0.4, -0.2) is 23.9 Å². The van der Waals surface area contributed by atoms with Crippen LogP contribution < -0.4 is 5.73 Å². The van der Waals surface area contributed by atoms with Crippen molar-refractivity contribution in [2.24, 2.45) is 0 Å². The Hall–Kier alpha value is -1.65. The van der Waals surface area contributed by atoms with E-state index in [0.717, 1.165) is 47.2 Å². The minimum atomic E-state index is 0.0871. The number of hydrogen-bond acceptors (Lipinski definition) is 3. The molecule has 1 heterocycles. The molecule has 2 aromatic carbocycles. The van der Waals surface area contributed by atoms with Gasteiger partial charge in [0.1, 0.15) is 0 Å². The molecule has 5 heteroatoms. The average molecular weight is 361 g/mol. The Kier molecular flexibility index (Phi) is 5.69. The zero-order valence-electron chi connectivity index (χ0n) is 13.5. The van der Waals surface area contributed by atoms with Gasteiger partial charge in [0.2, 0.25) is 0 Å². The number of hydrogen-bond donors (Lipinski definition) is 1. The SMILES string of the molecule is Nc1cc(C(=O)N2CCCCC2)ccc1SCc1ccccc1Cl. The summed E-state index contributed by atoms with van der Waals surface area (Å²) in [6.45, 7) is 1.70. The number of amides is 1. The second kappa shape index (κ2) is 7.95. The van der Waals surface area contributed by atoms with Gasteiger partial charge in [-0.3, -0.25) is 4.79 Å². The summed E-state index contributed by atoms with van der Waals surface area (Å²) in [6, 6.07) is 13.4. The molecular weight excluding hydrogens is 340 g/mol. The predicted molar refractivity (Wildman–Crippen MR) is 102 cm³/mol. The van der Waals surface area contributed by atoms with Crippen molar-refractivity contribution in [3.63, 3.8) is 0 Å². The maximum absolute atomic E-state index is 12.5. The summed E-state index contributed by atoms with van der Waals surface area (Å²) >= 11 is 7.82. The first-order chi connectivity index (χ1) is 11.6.